The molecule has 120 valence electrons. The van der Waals surface area contributed by atoms with Crippen molar-refractivity contribution in [3.8, 4) is 0 Å². The van der Waals surface area contributed by atoms with Crippen molar-refractivity contribution in [1.29, 1.82) is 0 Å². The molecule has 0 saturated carbocycles. The van der Waals surface area contributed by atoms with E-state index in [0.29, 0.717) is 18.2 Å². The Morgan fingerprint density at radius 2 is 2.14 bits per heavy atom. The smallest absolute Gasteiger partial charge is 0.191 e. The molecule has 0 radical (unpaired) electrons. The second kappa shape index (κ2) is 7.34. The van der Waals surface area contributed by atoms with Gasteiger partial charge in [-0.3, -0.25) is 4.99 Å². The number of halogens is 1. The van der Waals surface area contributed by atoms with Crippen LogP contribution in [0.1, 0.15) is 31.2 Å². The van der Waals surface area contributed by atoms with Gasteiger partial charge in [0.25, 0.3) is 0 Å². The Morgan fingerprint density at radius 1 is 1.32 bits per heavy atom. The van der Waals surface area contributed by atoms with E-state index in [1.807, 2.05) is 19.2 Å². The Balaban J connectivity index is 1.37. The minimum Gasteiger partial charge on any atom is -0.373 e. The monoisotopic (exact) mass is 321 g/mol. The van der Waals surface area contributed by atoms with Crippen LogP contribution in [0.2, 0.25) is 5.02 Å². The van der Waals surface area contributed by atoms with Crippen molar-refractivity contribution in [1.82, 2.24) is 10.6 Å². The van der Waals surface area contributed by atoms with E-state index >= 15 is 0 Å². The molecule has 3 atom stereocenters. The molecule has 2 fully saturated rings. The lowest BCUT2D eigenvalue weighted by Crippen LogP contribution is -2.47. The molecule has 2 saturated heterocycles. The van der Waals surface area contributed by atoms with Crippen LogP contribution in [0.15, 0.2) is 29.3 Å². The molecule has 0 spiro atoms. The molecular weight excluding hydrogens is 298 g/mol. The summed E-state index contributed by atoms with van der Waals surface area (Å²) in [4.78, 5) is 4.31. The molecule has 3 rings (SSSR count). The number of aryl methyl sites for hydroxylation is 1. The summed E-state index contributed by atoms with van der Waals surface area (Å²) in [6.45, 7) is 0.907. The summed E-state index contributed by atoms with van der Waals surface area (Å²) in [5, 5.41) is 7.69. The molecule has 0 amide bonds. The highest BCUT2D eigenvalue weighted by Gasteiger charge is 2.40. The number of hydrogen-bond acceptors (Lipinski definition) is 2. The van der Waals surface area contributed by atoms with Crippen molar-refractivity contribution in [2.75, 3.05) is 13.6 Å². The fourth-order valence-electron chi connectivity index (χ4n) is 3.31. The van der Waals surface area contributed by atoms with Crippen molar-refractivity contribution in [2.45, 2.75) is 50.4 Å². The van der Waals surface area contributed by atoms with Crippen molar-refractivity contribution < 1.29 is 4.74 Å². The summed E-state index contributed by atoms with van der Waals surface area (Å²) < 4.78 is 5.87. The van der Waals surface area contributed by atoms with Crippen molar-refractivity contribution in [3.63, 3.8) is 0 Å². The lowest BCUT2D eigenvalue weighted by molar-refractivity contribution is 0.0992. The predicted molar refractivity (Wildman–Crippen MR) is 90.6 cm³/mol. The minimum absolute atomic E-state index is 0.373. The molecule has 22 heavy (non-hydrogen) atoms. The van der Waals surface area contributed by atoms with E-state index in [9.17, 15) is 0 Å². The Kier molecular flexibility index (Phi) is 5.21. The number of nitrogens with one attached hydrogen (secondary N) is 2. The third-order valence-electron chi connectivity index (χ3n) is 4.50. The van der Waals surface area contributed by atoms with Gasteiger partial charge in [0, 0.05) is 18.6 Å². The van der Waals surface area contributed by atoms with Gasteiger partial charge in [0.1, 0.15) is 0 Å². The number of nitrogens with zero attached hydrogens (tertiary/aromatic N) is 1. The van der Waals surface area contributed by atoms with E-state index in [1.54, 1.807) is 0 Å². The van der Waals surface area contributed by atoms with E-state index in [0.717, 1.165) is 36.8 Å². The minimum atomic E-state index is 0.373. The van der Waals surface area contributed by atoms with Gasteiger partial charge in [-0.2, -0.15) is 0 Å². The topological polar surface area (TPSA) is 45.7 Å². The molecule has 1 aromatic rings. The van der Waals surface area contributed by atoms with Crippen molar-refractivity contribution in [3.05, 3.63) is 34.9 Å². The first-order valence-electron chi connectivity index (χ1n) is 8.11. The summed E-state index contributed by atoms with van der Waals surface area (Å²) in [6, 6.07) is 8.48. The van der Waals surface area contributed by atoms with Gasteiger partial charge >= 0.3 is 0 Å². The van der Waals surface area contributed by atoms with Gasteiger partial charge in [0.15, 0.2) is 5.96 Å². The molecule has 2 aliphatic heterocycles. The number of rotatable bonds is 5. The maximum Gasteiger partial charge on any atom is 0.191 e. The van der Waals surface area contributed by atoms with Gasteiger partial charge in [-0.15, -0.1) is 0 Å². The number of fused-ring (bicyclic) bond motifs is 2. The Morgan fingerprint density at radius 3 is 2.77 bits per heavy atom. The number of ether oxygens (including phenoxy) is 1. The Labute approximate surface area is 137 Å². The predicted octanol–water partition coefficient (Wildman–Crippen LogP) is 2.76. The number of aliphatic imine (C=N–C) groups is 1. The summed E-state index contributed by atoms with van der Waals surface area (Å²) in [5.74, 6) is 0.886. The first kappa shape index (κ1) is 15.6. The maximum absolute atomic E-state index is 5.89. The zero-order chi connectivity index (χ0) is 15.4. The maximum atomic E-state index is 5.89. The third-order valence-corrected chi connectivity index (χ3v) is 4.75. The largest absolute Gasteiger partial charge is 0.373 e. The Bertz CT molecular complexity index is 517. The van der Waals surface area contributed by atoms with E-state index in [-0.39, 0.29) is 0 Å². The van der Waals surface area contributed by atoms with E-state index in [4.69, 9.17) is 16.3 Å². The summed E-state index contributed by atoms with van der Waals surface area (Å²) in [7, 11) is 1.82. The fourth-order valence-corrected chi connectivity index (χ4v) is 3.44. The van der Waals surface area contributed by atoms with Crippen molar-refractivity contribution >= 4 is 17.6 Å². The van der Waals surface area contributed by atoms with Gasteiger partial charge in [-0.1, -0.05) is 23.7 Å². The first-order chi connectivity index (χ1) is 10.7. The summed E-state index contributed by atoms with van der Waals surface area (Å²) >= 11 is 5.89. The van der Waals surface area contributed by atoms with Gasteiger partial charge in [0.2, 0.25) is 0 Å². The summed E-state index contributed by atoms with van der Waals surface area (Å²) in [6.07, 6.45) is 6.44. The third kappa shape index (κ3) is 3.93. The molecule has 2 aliphatic rings. The normalized spacial score (nSPS) is 27.2. The molecule has 4 nitrogen and oxygen atoms in total. The second-order valence-electron chi connectivity index (χ2n) is 6.09. The highest BCUT2D eigenvalue weighted by molar-refractivity contribution is 6.30. The van der Waals surface area contributed by atoms with E-state index < -0.39 is 0 Å². The van der Waals surface area contributed by atoms with Gasteiger partial charge < -0.3 is 15.4 Å². The Hall–Kier alpha value is -1.26. The van der Waals surface area contributed by atoms with Crippen LogP contribution in [0, 0.1) is 0 Å². The average Bonchev–Trinajstić information content (AvgIpc) is 3.14. The zero-order valence-corrected chi connectivity index (χ0v) is 13.8. The average molecular weight is 322 g/mol. The van der Waals surface area contributed by atoms with Gasteiger partial charge in [0.05, 0.1) is 18.2 Å². The highest BCUT2D eigenvalue weighted by atomic mass is 35.5. The van der Waals surface area contributed by atoms with Gasteiger partial charge in [-0.25, -0.2) is 0 Å². The molecular formula is C17H24ClN3O. The standard InChI is InChI=1S/C17H24ClN3O/c1-19-17(21-15-11-14-8-9-16(15)22-14)20-10-2-3-12-4-6-13(18)7-5-12/h4-7,14-16H,2-3,8-11H2,1H3,(H2,19,20,21). The lowest BCUT2D eigenvalue weighted by Gasteiger charge is -2.22. The van der Waals surface area contributed by atoms with E-state index in [1.165, 1.54) is 18.4 Å². The van der Waals surface area contributed by atoms with Crippen molar-refractivity contribution in [2.24, 2.45) is 4.99 Å². The molecule has 5 heteroatoms. The van der Waals surface area contributed by atoms with Gasteiger partial charge in [-0.05, 0) is 49.8 Å². The van der Waals surface area contributed by atoms with Crippen LogP contribution in [0.4, 0.5) is 0 Å². The van der Waals surface area contributed by atoms with Crippen LogP contribution in [0.25, 0.3) is 0 Å². The zero-order valence-electron chi connectivity index (χ0n) is 13.0. The SMILES string of the molecule is CN=C(NCCCc1ccc(Cl)cc1)NC1CC2CCC1O2. The second-order valence-corrected chi connectivity index (χ2v) is 6.53. The quantitative estimate of drug-likeness (QED) is 0.498. The molecule has 2 bridgehead atoms. The lowest BCUT2D eigenvalue weighted by atomic mass is 9.96. The number of hydrogen-bond donors (Lipinski definition) is 2. The van der Waals surface area contributed by atoms with Crippen LogP contribution in [0.5, 0.6) is 0 Å². The molecule has 0 aliphatic carbocycles. The molecule has 3 unspecified atom stereocenters. The number of benzene rings is 1. The van der Waals surface area contributed by atoms with E-state index in [2.05, 4.69) is 27.8 Å². The van der Waals surface area contributed by atoms with Crippen LogP contribution < -0.4 is 10.6 Å². The number of guanidine groups is 1. The van der Waals surface area contributed by atoms with Crippen LogP contribution in [-0.4, -0.2) is 37.8 Å². The van der Waals surface area contributed by atoms with Crippen LogP contribution in [0.3, 0.4) is 0 Å². The molecule has 1 aromatic carbocycles. The summed E-state index contributed by atoms with van der Waals surface area (Å²) in [5.41, 5.74) is 1.32. The fraction of sp³-hybridized carbons (Fsp3) is 0.588. The highest BCUT2D eigenvalue weighted by Crippen LogP contribution is 2.34. The first-order valence-corrected chi connectivity index (χ1v) is 8.49. The van der Waals surface area contributed by atoms with Crippen LogP contribution >= 0.6 is 11.6 Å². The molecule has 2 heterocycles. The van der Waals surface area contributed by atoms with Crippen LogP contribution in [-0.2, 0) is 11.2 Å². The molecule has 0 aromatic heterocycles. The molecule has 2 N–H and O–H groups in total.